The lowest BCUT2D eigenvalue weighted by atomic mass is 10.6. The van der Waals surface area contributed by atoms with Gasteiger partial charge in [-0.3, -0.25) is 10.3 Å². The number of amides is 2. The highest BCUT2D eigenvalue weighted by Crippen LogP contribution is 2.08. The molecule has 1 saturated heterocycles. The smallest absolute Gasteiger partial charge is 0.280 e. The first-order valence-electron chi connectivity index (χ1n) is 3.17. The number of urea groups is 1. The maximum absolute atomic E-state index is 11.1. The van der Waals surface area contributed by atoms with E-state index in [1.165, 1.54) is 5.01 Å². The van der Waals surface area contributed by atoms with E-state index in [4.69, 9.17) is 0 Å². The van der Waals surface area contributed by atoms with Crippen molar-refractivity contribution in [3.8, 4) is 0 Å². The van der Waals surface area contributed by atoms with E-state index in [2.05, 4.69) is 12.0 Å². The highest BCUT2D eigenvalue weighted by Gasteiger charge is 2.26. The summed E-state index contributed by atoms with van der Waals surface area (Å²) in [5.74, 6) is 0.648. The third-order valence-corrected chi connectivity index (χ3v) is 1.46. The summed E-state index contributed by atoms with van der Waals surface area (Å²) >= 11 is 0. The molecule has 0 saturated carbocycles. The molecule has 1 fully saturated rings. The molecule has 4 nitrogen and oxygen atoms in total. The number of hydrogen-bond donors (Lipinski definition) is 1. The van der Waals surface area contributed by atoms with Gasteiger partial charge in [0.1, 0.15) is 5.82 Å². The topological polar surface area (TPSA) is 35.6 Å². The van der Waals surface area contributed by atoms with Gasteiger partial charge in [0.2, 0.25) is 0 Å². The molecule has 1 aliphatic rings. The lowest BCUT2D eigenvalue weighted by Crippen LogP contribution is -2.30. The number of carbonyl (C=O) groups is 1. The minimum Gasteiger partial charge on any atom is -0.280 e. The summed E-state index contributed by atoms with van der Waals surface area (Å²) in [4.78, 5) is 12.6. The Hall–Kier alpha value is -1.19. The summed E-state index contributed by atoms with van der Waals surface area (Å²) in [7, 11) is 1.67. The zero-order chi connectivity index (χ0) is 7.72. The first-order chi connectivity index (χ1) is 4.66. The van der Waals surface area contributed by atoms with Crippen molar-refractivity contribution in [3.63, 3.8) is 0 Å². The largest absolute Gasteiger partial charge is 0.344 e. The molecule has 0 aliphatic carbocycles. The number of hydrogen-bond acceptors (Lipinski definition) is 2. The SMILES string of the molecule is C=C1NN(C)C(=O)N1CC. The fraction of sp³-hybridized carbons (Fsp3) is 0.500. The van der Waals surface area contributed by atoms with Crippen LogP contribution in [0.1, 0.15) is 6.92 Å². The molecule has 0 aromatic rings. The average molecular weight is 141 g/mol. The van der Waals surface area contributed by atoms with E-state index in [1.807, 2.05) is 6.92 Å². The summed E-state index contributed by atoms with van der Waals surface area (Å²) < 4.78 is 0. The normalized spacial score (nSPS) is 18.2. The van der Waals surface area contributed by atoms with Gasteiger partial charge >= 0.3 is 6.03 Å². The molecule has 1 heterocycles. The Morgan fingerprint density at radius 3 is 2.50 bits per heavy atom. The van der Waals surface area contributed by atoms with Gasteiger partial charge in [-0.1, -0.05) is 6.58 Å². The maximum Gasteiger partial charge on any atom is 0.344 e. The number of nitrogens with zero attached hydrogens (tertiary/aromatic N) is 2. The van der Waals surface area contributed by atoms with Gasteiger partial charge in [-0.25, -0.2) is 9.80 Å². The molecular weight excluding hydrogens is 130 g/mol. The zero-order valence-corrected chi connectivity index (χ0v) is 6.22. The Balaban J connectivity index is 2.74. The van der Waals surface area contributed by atoms with Gasteiger partial charge in [-0.05, 0) is 6.92 Å². The van der Waals surface area contributed by atoms with Crippen LogP contribution in [0.3, 0.4) is 0 Å². The summed E-state index contributed by atoms with van der Waals surface area (Å²) in [6.45, 7) is 6.23. The van der Waals surface area contributed by atoms with Crippen molar-refractivity contribution in [2.75, 3.05) is 13.6 Å². The summed E-state index contributed by atoms with van der Waals surface area (Å²) in [6, 6.07) is -0.0486. The first-order valence-corrected chi connectivity index (χ1v) is 3.17. The number of carbonyl (C=O) groups excluding carboxylic acids is 1. The van der Waals surface area contributed by atoms with Crippen LogP contribution in [0.15, 0.2) is 12.4 Å². The Bertz CT molecular complexity index is 178. The van der Waals surface area contributed by atoms with E-state index in [-0.39, 0.29) is 6.03 Å². The quantitative estimate of drug-likeness (QED) is 0.572. The van der Waals surface area contributed by atoms with Crippen molar-refractivity contribution in [1.82, 2.24) is 15.3 Å². The van der Waals surface area contributed by atoms with E-state index >= 15 is 0 Å². The fourth-order valence-electron chi connectivity index (χ4n) is 0.924. The molecule has 0 atom stereocenters. The van der Waals surface area contributed by atoms with Crippen LogP contribution in [-0.4, -0.2) is 29.5 Å². The summed E-state index contributed by atoms with van der Waals surface area (Å²) in [5, 5.41) is 1.41. The summed E-state index contributed by atoms with van der Waals surface area (Å²) in [6.07, 6.45) is 0. The van der Waals surface area contributed by atoms with Crippen LogP contribution in [0.5, 0.6) is 0 Å². The molecule has 1 rings (SSSR count). The van der Waals surface area contributed by atoms with Crippen LogP contribution in [0.25, 0.3) is 0 Å². The van der Waals surface area contributed by atoms with Crippen LogP contribution in [0, 0.1) is 0 Å². The minimum absolute atomic E-state index is 0.0486. The third kappa shape index (κ3) is 0.814. The van der Waals surface area contributed by atoms with Crippen molar-refractivity contribution in [3.05, 3.63) is 12.4 Å². The Labute approximate surface area is 60.1 Å². The van der Waals surface area contributed by atoms with Crippen LogP contribution in [-0.2, 0) is 0 Å². The molecule has 0 aromatic carbocycles. The second-order valence-corrected chi connectivity index (χ2v) is 2.14. The van der Waals surface area contributed by atoms with E-state index in [0.717, 1.165) is 0 Å². The molecule has 4 heteroatoms. The molecule has 0 aromatic heterocycles. The van der Waals surface area contributed by atoms with Gasteiger partial charge < -0.3 is 0 Å². The first kappa shape index (κ1) is 6.92. The van der Waals surface area contributed by atoms with E-state index in [1.54, 1.807) is 11.9 Å². The highest BCUT2D eigenvalue weighted by molar-refractivity contribution is 5.77. The van der Waals surface area contributed by atoms with Gasteiger partial charge in [-0.2, -0.15) is 0 Å². The van der Waals surface area contributed by atoms with E-state index in [9.17, 15) is 4.79 Å². The van der Waals surface area contributed by atoms with Crippen LogP contribution >= 0.6 is 0 Å². The van der Waals surface area contributed by atoms with Crippen molar-refractivity contribution < 1.29 is 4.79 Å². The predicted molar refractivity (Wildman–Crippen MR) is 37.8 cm³/mol. The maximum atomic E-state index is 11.1. The van der Waals surface area contributed by atoms with Crippen molar-refractivity contribution in [2.45, 2.75) is 6.92 Å². The lowest BCUT2D eigenvalue weighted by Gasteiger charge is -2.09. The Morgan fingerprint density at radius 1 is 1.70 bits per heavy atom. The number of nitrogens with one attached hydrogen (secondary N) is 1. The van der Waals surface area contributed by atoms with Crippen molar-refractivity contribution in [1.29, 1.82) is 0 Å². The minimum atomic E-state index is -0.0486. The van der Waals surface area contributed by atoms with Gasteiger partial charge in [0.25, 0.3) is 0 Å². The lowest BCUT2D eigenvalue weighted by molar-refractivity contribution is 0.197. The van der Waals surface area contributed by atoms with Crippen molar-refractivity contribution in [2.24, 2.45) is 0 Å². The predicted octanol–water partition coefficient (Wildman–Crippen LogP) is 0.349. The Morgan fingerprint density at radius 2 is 2.30 bits per heavy atom. The highest BCUT2D eigenvalue weighted by atomic mass is 16.2. The van der Waals surface area contributed by atoms with Crippen LogP contribution in [0.2, 0.25) is 0 Å². The molecule has 0 bridgehead atoms. The zero-order valence-electron chi connectivity index (χ0n) is 6.22. The molecule has 0 unspecified atom stereocenters. The molecule has 1 N–H and O–H groups in total. The van der Waals surface area contributed by atoms with E-state index < -0.39 is 0 Å². The molecule has 0 radical (unpaired) electrons. The monoisotopic (exact) mass is 141 g/mol. The van der Waals surface area contributed by atoms with Crippen LogP contribution < -0.4 is 5.43 Å². The van der Waals surface area contributed by atoms with Gasteiger partial charge in [-0.15, -0.1) is 0 Å². The summed E-state index contributed by atoms with van der Waals surface area (Å²) in [5.41, 5.74) is 2.78. The number of hydrazine groups is 1. The molecular formula is C6H11N3O. The Kier molecular flexibility index (Phi) is 1.53. The fourth-order valence-corrected chi connectivity index (χ4v) is 0.924. The molecule has 10 heavy (non-hydrogen) atoms. The van der Waals surface area contributed by atoms with Crippen molar-refractivity contribution >= 4 is 6.03 Å². The van der Waals surface area contributed by atoms with Crippen LogP contribution in [0.4, 0.5) is 4.79 Å². The number of rotatable bonds is 1. The third-order valence-electron chi connectivity index (χ3n) is 1.46. The molecule has 56 valence electrons. The molecule has 1 aliphatic heterocycles. The van der Waals surface area contributed by atoms with Gasteiger partial charge in [0, 0.05) is 13.6 Å². The van der Waals surface area contributed by atoms with Gasteiger partial charge in [0.05, 0.1) is 0 Å². The second-order valence-electron chi connectivity index (χ2n) is 2.14. The van der Waals surface area contributed by atoms with Gasteiger partial charge in [0.15, 0.2) is 0 Å². The average Bonchev–Trinajstić information content (AvgIpc) is 2.09. The molecule has 2 amide bonds. The standard InChI is InChI=1S/C6H11N3O/c1-4-9-5(2)7-8(3)6(9)10/h7H,2,4H2,1,3H3. The second kappa shape index (κ2) is 2.21. The van der Waals surface area contributed by atoms with E-state index in [0.29, 0.717) is 12.4 Å². The molecule has 0 spiro atoms.